The van der Waals surface area contributed by atoms with Crippen LogP contribution in [-0.4, -0.2) is 20.4 Å². The van der Waals surface area contributed by atoms with Crippen LogP contribution in [0.25, 0.3) is 21.1 Å². The lowest BCUT2D eigenvalue weighted by Crippen LogP contribution is -2.34. The number of aromatic amines is 1. The zero-order chi connectivity index (χ0) is 19.0. The number of carbonyl (C=O) groups excluding carboxylic acids is 1. The lowest BCUT2D eigenvalue weighted by atomic mass is 10.1. The third-order valence-corrected chi connectivity index (χ3v) is 5.34. The molecular weight excluding hydrogens is 364 g/mol. The van der Waals surface area contributed by atoms with Gasteiger partial charge in [-0.2, -0.15) is 0 Å². The molecule has 0 aliphatic heterocycles. The van der Waals surface area contributed by atoms with Crippen molar-refractivity contribution >= 4 is 38.4 Å². The standard InChI is InChI=1S/C19H16N4O3S/c1-2-23-18(25)12-8-7-11(9-14(12)22-19(23)26)17(24)20-10-16-21-13-5-3-4-6-15(13)27-16/h3-9H,2,10H2,1H3,(H,20,24)(H,22,26). The average Bonchev–Trinajstić information content (AvgIpc) is 3.09. The predicted octanol–water partition coefficient (Wildman–Crippen LogP) is 2.25. The smallest absolute Gasteiger partial charge is 0.328 e. The molecule has 4 aromatic rings. The highest BCUT2D eigenvalue weighted by atomic mass is 32.1. The summed E-state index contributed by atoms with van der Waals surface area (Å²) in [5.41, 5.74) is 0.775. The van der Waals surface area contributed by atoms with Crippen molar-refractivity contribution in [3.63, 3.8) is 0 Å². The largest absolute Gasteiger partial charge is 0.346 e. The van der Waals surface area contributed by atoms with Gasteiger partial charge in [-0.3, -0.25) is 14.2 Å². The number of H-pyrrole nitrogens is 1. The number of carbonyl (C=O) groups is 1. The SMILES string of the molecule is CCn1c(=O)[nH]c2cc(C(=O)NCc3nc4ccccc4s3)ccc2c1=O. The summed E-state index contributed by atoms with van der Waals surface area (Å²) in [4.78, 5) is 43.9. The van der Waals surface area contributed by atoms with Crippen LogP contribution in [0.5, 0.6) is 0 Å². The topological polar surface area (TPSA) is 96.8 Å². The van der Waals surface area contributed by atoms with Crippen molar-refractivity contribution in [3.05, 3.63) is 73.9 Å². The molecule has 2 N–H and O–H groups in total. The van der Waals surface area contributed by atoms with E-state index in [-0.39, 0.29) is 18.0 Å². The maximum Gasteiger partial charge on any atom is 0.328 e. The Morgan fingerprint density at radius 1 is 1.22 bits per heavy atom. The number of para-hydroxylation sites is 1. The highest BCUT2D eigenvalue weighted by molar-refractivity contribution is 7.18. The van der Waals surface area contributed by atoms with E-state index in [9.17, 15) is 14.4 Å². The molecule has 27 heavy (non-hydrogen) atoms. The maximum absolute atomic E-state index is 12.5. The van der Waals surface area contributed by atoms with E-state index in [1.165, 1.54) is 17.4 Å². The molecule has 2 aromatic carbocycles. The minimum Gasteiger partial charge on any atom is -0.346 e. The highest BCUT2D eigenvalue weighted by Gasteiger charge is 2.11. The molecule has 0 saturated carbocycles. The molecule has 7 nitrogen and oxygen atoms in total. The van der Waals surface area contributed by atoms with Crippen LogP contribution in [0.2, 0.25) is 0 Å². The van der Waals surface area contributed by atoms with Gasteiger partial charge in [-0.1, -0.05) is 12.1 Å². The minimum atomic E-state index is -0.484. The normalized spacial score (nSPS) is 11.1. The number of aromatic nitrogens is 3. The van der Waals surface area contributed by atoms with E-state index < -0.39 is 5.69 Å². The van der Waals surface area contributed by atoms with Crippen LogP contribution in [0.1, 0.15) is 22.3 Å². The van der Waals surface area contributed by atoms with Gasteiger partial charge in [0.05, 0.1) is 27.7 Å². The molecule has 4 rings (SSSR count). The molecule has 1 amide bonds. The summed E-state index contributed by atoms with van der Waals surface area (Å²) in [6, 6.07) is 12.5. The monoisotopic (exact) mass is 380 g/mol. The van der Waals surface area contributed by atoms with Gasteiger partial charge in [-0.15, -0.1) is 11.3 Å². The Morgan fingerprint density at radius 3 is 2.81 bits per heavy atom. The molecule has 0 radical (unpaired) electrons. The molecule has 136 valence electrons. The van der Waals surface area contributed by atoms with Crippen molar-refractivity contribution in [2.24, 2.45) is 0 Å². The van der Waals surface area contributed by atoms with E-state index in [2.05, 4.69) is 15.3 Å². The first-order valence-electron chi connectivity index (χ1n) is 8.46. The van der Waals surface area contributed by atoms with E-state index in [4.69, 9.17) is 0 Å². The molecule has 0 spiro atoms. The van der Waals surface area contributed by atoms with Gasteiger partial charge in [0.25, 0.3) is 11.5 Å². The number of nitrogens with one attached hydrogen (secondary N) is 2. The summed E-state index contributed by atoms with van der Waals surface area (Å²) in [6.07, 6.45) is 0. The van der Waals surface area contributed by atoms with Gasteiger partial charge < -0.3 is 10.3 Å². The molecule has 0 atom stereocenters. The lowest BCUT2D eigenvalue weighted by Gasteiger charge is -2.06. The molecule has 2 aromatic heterocycles. The molecule has 0 bridgehead atoms. The van der Waals surface area contributed by atoms with Crippen molar-refractivity contribution in [1.82, 2.24) is 19.9 Å². The Morgan fingerprint density at radius 2 is 2.04 bits per heavy atom. The number of hydrogen-bond donors (Lipinski definition) is 2. The summed E-state index contributed by atoms with van der Waals surface area (Å²) in [5, 5.41) is 4.01. The second kappa shape index (κ2) is 6.81. The summed E-state index contributed by atoms with van der Waals surface area (Å²) < 4.78 is 2.19. The summed E-state index contributed by atoms with van der Waals surface area (Å²) in [5.74, 6) is -0.295. The molecule has 2 heterocycles. The van der Waals surface area contributed by atoms with E-state index >= 15 is 0 Å². The Hall–Kier alpha value is -3.26. The van der Waals surface area contributed by atoms with E-state index in [1.54, 1.807) is 19.1 Å². The maximum atomic E-state index is 12.5. The van der Waals surface area contributed by atoms with Gasteiger partial charge in [0, 0.05) is 12.1 Å². The van der Waals surface area contributed by atoms with Crippen LogP contribution in [0.15, 0.2) is 52.1 Å². The molecule has 8 heteroatoms. The van der Waals surface area contributed by atoms with Crippen LogP contribution in [0, 0.1) is 0 Å². The van der Waals surface area contributed by atoms with Crippen molar-refractivity contribution in [1.29, 1.82) is 0 Å². The second-order valence-corrected chi connectivity index (χ2v) is 7.11. The van der Waals surface area contributed by atoms with Crippen LogP contribution >= 0.6 is 11.3 Å². The molecule has 0 saturated heterocycles. The zero-order valence-corrected chi connectivity index (χ0v) is 15.3. The Balaban J connectivity index is 1.59. The fourth-order valence-corrected chi connectivity index (χ4v) is 3.84. The van der Waals surface area contributed by atoms with Crippen molar-refractivity contribution in [2.45, 2.75) is 20.0 Å². The minimum absolute atomic E-state index is 0.286. The molecule has 0 unspecified atom stereocenters. The fourth-order valence-electron chi connectivity index (χ4n) is 2.94. The molecule has 0 aliphatic rings. The molecule has 0 fully saturated rings. The quantitative estimate of drug-likeness (QED) is 0.567. The first-order chi connectivity index (χ1) is 13.1. The number of hydrogen-bond acceptors (Lipinski definition) is 5. The predicted molar refractivity (Wildman–Crippen MR) is 105 cm³/mol. The number of amides is 1. The van der Waals surface area contributed by atoms with Crippen molar-refractivity contribution in [2.75, 3.05) is 0 Å². The average molecular weight is 380 g/mol. The van der Waals surface area contributed by atoms with Crippen LogP contribution in [-0.2, 0) is 13.1 Å². The van der Waals surface area contributed by atoms with Gasteiger partial charge in [0.1, 0.15) is 5.01 Å². The number of nitrogens with zero attached hydrogens (tertiary/aromatic N) is 2. The van der Waals surface area contributed by atoms with Gasteiger partial charge >= 0.3 is 5.69 Å². The van der Waals surface area contributed by atoms with Crippen molar-refractivity contribution < 1.29 is 4.79 Å². The van der Waals surface area contributed by atoms with E-state index in [1.807, 2.05) is 24.3 Å². The summed E-state index contributed by atoms with van der Waals surface area (Å²) in [7, 11) is 0. The third kappa shape index (κ3) is 3.15. The van der Waals surface area contributed by atoms with Crippen LogP contribution < -0.4 is 16.6 Å². The third-order valence-electron chi connectivity index (χ3n) is 4.30. The van der Waals surface area contributed by atoms with Crippen molar-refractivity contribution in [3.8, 4) is 0 Å². The second-order valence-electron chi connectivity index (χ2n) is 6.00. The number of rotatable bonds is 4. The summed E-state index contributed by atoms with van der Waals surface area (Å²) in [6.45, 7) is 2.32. The van der Waals surface area contributed by atoms with E-state index in [0.29, 0.717) is 23.0 Å². The van der Waals surface area contributed by atoms with Gasteiger partial charge in [0.2, 0.25) is 0 Å². The Kier molecular flexibility index (Phi) is 4.33. The number of benzene rings is 2. The highest BCUT2D eigenvalue weighted by Crippen LogP contribution is 2.21. The summed E-state index contributed by atoms with van der Waals surface area (Å²) >= 11 is 1.53. The zero-order valence-electron chi connectivity index (χ0n) is 14.5. The first kappa shape index (κ1) is 17.2. The van der Waals surface area contributed by atoms with Crippen LogP contribution in [0.3, 0.4) is 0 Å². The Labute approximate surface area is 157 Å². The molecular formula is C19H16N4O3S. The fraction of sp³-hybridized carbons (Fsp3) is 0.158. The number of fused-ring (bicyclic) bond motifs is 2. The Bertz CT molecular complexity index is 1250. The molecule has 0 aliphatic carbocycles. The van der Waals surface area contributed by atoms with Gasteiger partial charge in [-0.05, 0) is 37.3 Å². The van der Waals surface area contributed by atoms with E-state index in [0.717, 1.165) is 19.8 Å². The van der Waals surface area contributed by atoms with Gasteiger partial charge in [0.15, 0.2) is 0 Å². The van der Waals surface area contributed by atoms with Gasteiger partial charge in [-0.25, -0.2) is 9.78 Å². The number of thiazole rings is 1. The van der Waals surface area contributed by atoms with Crippen LogP contribution in [0.4, 0.5) is 0 Å². The lowest BCUT2D eigenvalue weighted by molar-refractivity contribution is 0.0951. The first-order valence-corrected chi connectivity index (χ1v) is 9.28.